The highest BCUT2D eigenvalue weighted by Gasteiger charge is 2.31. The average molecular weight is 311 g/mol. The lowest BCUT2D eigenvalue weighted by atomic mass is 10.2. The third kappa shape index (κ3) is 4.26. The summed E-state index contributed by atoms with van der Waals surface area (Å²) in [6.45, 7) is 5.91. The number of hydrogen-bond acceptors (Lipinski definition) is 4. The Morgan fingerprint density at radius 1 is 1.14 bits per heavy atom. The zero-order chi connectivity index (χ0) is 15.3. The molecule has 0 aromatic heterocycles. The predicted octanol–water partition coefficient (Wildman–Crippen LogP) is 0.742. The SMILES string of the molecule is CNCC(C)S(=O)(=O)N1CCN(Cc2ccccc2)CC1. The molecule has 0 aliphatic carbocycles. The Morgan fingerprint density at radius 3 is 2.33 bits per heavy atom. The van der Waals surface area contributed by atoms with E-state index in [1.807, 2.05) is 18.2 Å². The van der Waals surface area contributed by atoms with E-state index in [1.165, 1.54) is 5.56 Å². The number of piperazine rings is 1. The summed E-state index contributed by atoms with van der Waals surface area (Å²) < 4.78 is 26.5. The topological polar surface area (TPSA) is 52.7 Å². The summed E-state index contributed by atoms with van der Waals surface area (Å²) in [7, 11) is -1.39. The van der Waals surface area contributed by atoms with E-state index < -0.39 is 10.0 Å². The molecule has 1 fully saturated rings. The lowest BCUT2D eigenvalue weighted by Crippen LogP contribution is -2.51. The molecule has 1 atom stereocenters. The number of benzene rings is 1. The maximum Gasteiger partial charge on any atom is 0.218 e. The molecule has 1 unspecified atom stereocenters. The summed E-state index contributed by atoms with van der Waals surface area (Å²) >= 11 is 0. The van der Waals surface area contributed by atoms with E-state index in [-0.39, 0.29) is 5.25 Å². The molecule has 21 heavy (non-hydrogen) atoms. The highest BCUT2D eigenvalue weighted by molar-refractivity contribution is 7.89. The van der Waals surface area contributed by atoms with Gasteiger partial charge >= 0.3 is 0 Å². The fraction of sp³-hybridized carbons (Fsp3) is 0.600. The molecule has 1 aliphatic heterocycles. The zero-order valence-corrected chi connectivity index (χ0v) is 13.6. The van der Waals surface area contributed by atoms with Gasteiger partial charge in [0.15, 0.2) is 0 Å². The van der Waals surface area contributed by atoms with E-state index in [0.717, 1.165) is 19.6 Å². The minimum atomic E-state index is -3.18. The molecule has 1 saturated heterocycles. The van der Waals surface area contributed by atoms with Gasteiger partial charge in [-0.15, -0.1) is 0 Å². The second kappa shape index (κ2) is 7.35. The Morgan fingerprint density at radius 2 is 1.76 bits per heavy atom. The van der Waals surface area contributed by atoms with Gasteiger partial charge < -0.3 is 5.32 Å². The van der Waals surface area contributed by atoms with E-state index in [0.29, 0.717) is 19.6 Å². The fourth-order valence-electron chi connectivity index (χ4n) is 2.63. The molecule has 6 heteroatoms. The molecular weight excluding hydrogens is 286 g/mol. The third-order valence-electron chi connectivity index (χ3n) is 3.94. The van der Waals surface area contributed by atoms with E-state index in [1.54, 1.807) is 18.3 Å². The molecule has 1 aromatic rings. The largest absolute Gasteiger partial charge is 0.318 e. The van der Waals surface area contributed by atoms with Gasteiger partial charge in [0.2, 0.25) is 10.0 Å². The Labute approximate surface area is 128 Å². The van der Waals surface area contributed by atoms with Gasteiger partial charge in [-0.2, -0.15) is 4.31 Å². The van der Waals surface area contributed by atoms with Crippen LogP contribution in [-0.4, -0.2) is 62.6 Å². The Balaban J connectivity index is 1.88. The molecule has 0 spiro atoms. The number of nitrogens with zero attached hydrogens (tertiary/aromatic N) is 2. The van der Waals surface area contributed by atoms with Crippen molar-refractivity contribution in [3.05, 3.63) is 35.9 Å². The number of rotatable bonds is 6. The van der Waals surface area contributed by atoms with Gasteiger partial charge in [-0.3, -0.25) is 4.90 Å². The summed E-state index contributed by atoms with van der Waals surface area (Å²) in [4.78, 5) is 2.31. The molecule has 5 nitrogen and oxygen atoms in total. The van der Waals surface area contributed by atoms with Crippen molar-refractivity contribution in [1.82, 2.24) is 14.5 Å². The van der Waals surface area contributed by atoms with Crippen molar-refractivity contribution in [1.29, 1.82) is 0 Å². The molecule has 1 N–H and O–H groups in total. The van der Waals surface area contributed by atoms with E-state index in [2.05, 4.69) is 22.3 Å². The summed E-state index contributed by atoms with van der Waals surface area (Å²) in [5.41, 5.74) is 1.28. The maximum atomic E-state index is 12.4. The monoisotopic (exact) mass is 311 g/mol. The van der Waals surface area contributed by atoms with Gasteiger partial charge in [-0.05, 0) is 19.5 Å². The lowest BCUT2D eigenvalue weighted by Gasteiger charge is -2.35. The first-order valence-electron chi connectivity index (χ1n) is 7.44. The van der Waals surface area contributed by atoms with Crippen LogP contribution in [0.25, 0.3) is 0 Å². The maximum absolute atomic E-state index is 12.4. The minimum absolute atomic E-state index is 0.372. The van der Waals surface area contributed by atoms with Crippen LogP contribution in [0.3, 0.4) is 0 Å². The van der Waals surface area contributed by atoms with Crippen molar-refractivity contribution in [3.63, 3.8) is 0 Å². The van der Waals surface area contributed by atoms with Crippen molar-refractivity contribution in [2.75, 3.05) is 39.8 Å². The molecule has 118 valence electrons. The van der Waals surface area contributed by atoms with Gasteiger partial charge in [0.25, 0.3) is 0 Å². The highest BCUT2D eigenvalue weighted by atomic mass is 32.2. The first-order valence-corrected chi connectivity index (χ1v) is 8.94. The van der Waals surface area contributed by atoms with Gasteiger partial charge in [0, 0.05) is 39.3 Å². The standard InChI is InChI=1S/C15H25N3O2S/c1-14(12-16-2)21(19,20)18-10-8-17(9-11-18)13-15-6-4-3-5-7-15/h3-7,14,16H,8-13H2,1-2H3. The third-order valence-corrected chi connectivity index (χ3v) is 6.21. The summed E-state index contributed by atoms with van der Waals surface area (Å²) in [5.74, 6) is 0. The van der Waals surface area contributed by atoms with Crippen molar-refractivity contribution in [2.45, 2.75) is 18.7 Å². The van der Waals surface area contributed by atoms with Crippen LogP contribution >= 0.6 is 0 Å². The highest BCUT2D eigenvalue weighted by Crippen LogP contribution is 2.14. The van der Waals surface area contributed by atoms with Crippen LogP contribution in [0.2, 0.25) is 0 Å². The van der Waals surface area contributed by atoms with Gasteiger partial charge in [0.1, 0.15) is 0 Å². The van der Waals surface area contributed by atoms with Crippen LogP contribution in [0.1, 0.15) is 12.5 Å². The van der Waals surface area contributed by atoms with Crippen LogP contribution in [-0.2, 0) is 16.6 Å². The quantitative estimate of drug-likeness (QED) is 0.842. The second-order valence-electron chi connectivity index (χ2n) is 5.57. The van der Waals surface area contributed by atoms with Crippen molar-refractivity contribution in [2.24, 2.45) is 0 Å². The van der Waals surface area contributed by atoms with Crippen molar-refractivity contribution in [3.8, 4) is 0 Å². The Kier molecular flexibility index (Phi) is 5.75. The Bertz CT molecular complexity index is 525. The second-order valence-corrected chi connectivity index (χ2v) is 7.93. The molecule has 0 saturated carbocycles. The predicted molar refractivity (Wildman–Crippen MR) is 85.6 cm³/mol. The van der Waals surface area contributed by atoms with Crippen LogP contribution in [0.15, 0.2) is 30.3 Å². The Hall–Kier alpha value is -0.950. The van der Waals surface area contributed by atoms with E-state index >= 15 is 0 Å². The molecule has 1 aliphatic rings. The van der Waals surface area contributed by atoms with E-state index in [9.17, 15) is 8.42 Å². The summed E-state index contributed by atoms with van der Waals surface area (Å²) in [6, 6.07) is 10.3. The van der Waals surface area contributed by atoms with Crippen LogP contribution in [0, 0.1) is 0 Å². The van der Waals surface area contributed by atoms with Crippen LogP contribution in [0.4, 0.5) is 0 Å². The van der Waals surface area contributed by atoms with E-state index in [4.69, 9.17) is 0 Å². The van der Waals surface area contributed by atoms with Gasteiger partial charge in [-0.1, -0.05) is 30.3 Å². The van der Waals surface area contributed by atoms with Crippen molar-refractivity contribution < 1.29 is 8.42 Å². The molecule has 0 bridgehead atoms. The molecule has 2 rings (SSSR count). The first kappa shape index (κ1) is 16.4. The zero-order valence-electron chi connectivity index (χ0n) is 12.8. The fourth-order valence-corrected chi connectivity index (χ4v) is 4.19. The lowest BCUT2D eigenvalue weighted by molar-refractivity contribution is 0.181. The average Bonchev–Trinajstić information content (AvgIpc) is 2.49. The number of hydrogen-bond donors (Lipinski definition) is 1. The minimum Gasteiger partial charge on any atom is -0.318 e. The smallest absolute Gasteiger partial charge is 0.218 e. The molecule has 1 aromatic carbocycles. The van der Waals surface area contributed by atoms with Crippen LogP contribution < -0.4 is 5.32 Å². The summed E-state index contributed by atoms with van der Waals surface area (Å²) in [5, 5.41) is 2.57. The molecule has 0 amide bonds. The van der Waals surface area contributed by atoms with Crippen LogP contribution in [0.5, 0.6) is 0 Å². The number of sulfonamides is 1. The van der Waals surface area contributed by atoms with Gasteiger partial charge in [0.05, 0.1) is 5.25 Å². The molecule has 1 heterocycles. The van der Waals surface area contributed by atoms with Crippen molar-refractivity contribution >= 4 is 10.0 Å². The van der Waals surface area contributed by atoms with Gasteiger partial charge in [-0.25, -0.2) is 8.42 Å². The summed E-state index contributed by atoms with van der Waals surface area (Å²) in [6.07, 6.45) is 0. The molecule has 0 radical (unpaired) electrons. The first-order chi connectivity index (χ1) is 10.0. The molecular formula is C15H25N3O2S. The normalized spacial score (nSPS) is 19.5. The number of nitrogens with one attached hydrogen (secondary N) is 1.